The van der Waals surface area contributed by atoms with E-state index in [0.717, 1.165) is 17.7 Å². The highest BCUT2D eigenvalue weighted by atomic mass is 32.2. The van der Waals surface area contributed by atoms with Crippen molar-refractivity contribution in [3.05, 3.63) is 54.0 Å². The largest absolute Gasteiger partial charge is 0.459 e. The zero-order valence-corrected chi connectivity index (χ0v) is 15.8. The highest BCUT2D eigenvalue weighted by Gasteiger charge is 2.13. The number of aryl methyl sites for hydroxylation is 1. The minimum atomic E-state index is 0.142. The van der Waals surface area contributed by atoms with Gasteiger partial charge in [-0.1, -0.05) is 36.9 Å². The van der Waals surface area contributed by atoms with Crippen LogP contribution in [-0.4, -0.2) is 25.1 Å². The molecule has 3 aromatic heterocycles. The molecule has 0 unspecified atom stereocenters. The summed E-state index contributed by atoms with van der Waals surface area (Å²) >= 11 is 1.30. The minimum absolute atomic E-state index is 0.142. The molecule has 0 atom stereocenters. The van der Waals surface area contributed by atoms with Gasteiger partial charge in [0.25, 0.3) is 11.1 Å². The number of rotatable bonds is 7. The fourth-order valence-electron chi connectivity index (χ4n) is 2.52. The molecule has 3 N–H and O–H groups in total. The number of nitrogens with zero attached hydrogens (tertiary/aromatic N) is 5. The summed E-state index contributed by atoms with van der Waals surface area (Å²) in [7, 11) is 0. The van der Waals surface area contributed by atoms with E-state index in [1.165, 1.54) is 11.8 Å². The smallest absolute Gasteiger partial charge is 0.284 e. The lowest BCUT2D eigenvalue weighted by molar-refractivity contribution is 0.447. The summed E-state index contributed by atoms with van der Waals surface area (Å²) in [5.74, 6) is 2.28. The third-order valence-electron chi connectivity index (χ3n) is 3.81. The molecule has 0 aliphatic heterocycles. The van der Waals surface area contributed by atoms with E-state index in [1.54, 1.807) is 18.4 Å². The number of hydrogen-bond acceptors (Lipinski definition) is 10. The molecular formula is C18H17N7O2S. The highest BCUT2D eigenvalue weighted by molar-refractivity contribution is 7.98. The van der Waals surface area contributed by atoms with Gasteiger partial charge in [0.05, 0.1) is 12.0 Å². The summed E-state index contributed by atoms with van der Waals surface area (Å²) in [6.07, 6.45) is 2.44. The monoisotopic (exact) mass is 395 g/mol. The molecule has 0 bridgehead atoms. The Balaban J connectivity index is 1.47. The topological polar surface area (TPSA) is 129 Å². The lowest BCUT2D eigenvalue weighted by Crippen LogP contribution is -2.07. The van der Waals surface area contributed by atoms with Crippen LogP contribution in [0.25, 0.3) is 11.7 Å². The van der Waals surface area contributed by atoms with Crippen molar-refractivity contribution >= 4 is 29.3 Å². The molecule has 1 aromatic carbocycles. The van der Waals surface area contributed by atoms with Gasteiger partial charge in [-0.2, -0.15) is 15.0 Å². The Kier molecular flexibility index (Phi) is 5.20. The molecule has 142 valence electrons. The first kappa shape index (κ1) is 18.0. The standard InChI is InChI=1S/C18H17N7O2S/c1-2-11-6-3-4-7-12(11)20-17-22-14(21-16(19)23-17)10-28-18-25-24-15(27-18)13-8-5-9-26-13/h3-9H,2,10H2,1H3,(H3,19,20,21,22,23). The van der Waals surface area contributed by atoms with Crippen LogP contribution in [0.3, 0.4) is 0 Å². The van der Waals surface area contributed by atoms with Crippen molar-refractivity contribution in [3.8, 4) is 11.7 Å². The molecule has 3 heterocycles. The normalized spacial score (nSPS) is 10.9. The predicted molar refractivity (Wildman–Crippen MR) is 105 cm³/mol. The van der Waals surface area contributed by atoms with E-state index in [4.69, 9.17) is 14.6 Å². The maximum atomic E-state index is 5.85. The van der Waals surface area contributed by atoms with Gasteiger partial charge in [-0.05, 0) is 30.2 Å². The number of furan rings is 1. The average Bonchev–Trinajstić information content (AvgIpc) is 3.38. The van der Waals surface area contributed by atoms with Crippen LogP contribution in [0, 0.1) is 0 Å². The van der Waals surface area contributed by atoms with E-state index in [-0.39, 0.29) is 5.95 Å². The van der Waals surface area contributed by atoms with Crippen LogP contribution in [-0.2, 0) is 12.2 Å². The van der Waals surface area contributed by atoms with Crippen molar-refractivity contribution in [1.29, 1.82) is 0 Å². The van der Waals surface area contributed by atoms with Gasteiger partial charge in [0.15, 0.2) is 5.76 Å². The van der Waals surface area contributed by atoms with Gasteiger partial charge in [-0.25, -0.2) is 0 Å². The summed E-state index contributed by atoms with van der Waals surface area (Å²) in [5.41, 5.74) is 7.95. The number of para-hydroxylation sites is 1. The number of nitrogens with two attached hydrogens (primary N) is 1. The van der Waals surface area contributed by atoms with Crippen LogP contribution in [0.15, 0.2) is 56.7 Å². The van der Waals surface area contributed by atoms with Crippen LogP contribution in [0.1, 0.15) is 18.3 Å². The van der Waals surface area contributed by atoms with Gasteiger partial charge in [0.2, 0.25) is 11.9 Å². The van der Waals surface area contributed by atoms with Gasteiger partial charge >= 0.3 is 0 Å². The molecular weight excluding hydrogens is 378 g/mol. The Labute approximate surface area is 164 Å². The second kappa shape index (κ2) is 8.09. The highest BCUT2D eigenvalue weighted by Crippen LogP contribution is 2.26. The summed E-state index contributed by atoms with van der Waals surface area (Å²) in [6.45, 7) is 2.09. The van der Waals surface area contributed by atoms with Crippen LogP contribution in [0.4, 0.5) is 17.6 Å². The number of aromatic nitrogens is 5. The average molecular weight is 395 g/mol. The van der Waals surface area contributed by atoms with Gasteiger partial charge in [-0.3, -0.25) is 0 Å². The maximum Gasteiger partial charge on any atom is 0.284 e. The van der Waals surface area contributed by atoms with Crippen LogP contribution in [0.5, 0.6) is 0 Å². The molecule has 9 nitrogen and oxygen atoms in total. The summed E-state index contributed by atoms with van der Waals surface area (Å²) in [5, 5.41) is 11.5. The lowest BCUT2D eigenvalue weighted by Gasteiger charge is -2.10. The zero-order valence-electron chi connectivity index (χ0n) is 15.0. The molecule has 4 aromatic rings. The number of thioether (sulfide) groups is 1. The SMILES string of the molecule is CCc1ccccc1Nc1nc(N)nc(CSc2nnc(-c3ccco3)o2)n1. The molecule has 0 saturated carbocycles. The second-order valence-corrected chi connectivity index (χ2v) is 6.63. The molecule has 4 rings (SSSR count). The fraction of sp³-hybridized carbons (Fsp3) is 0.167. The third kappa shape index (κ3) is 4.12. The van der Waals surface area contributed by atoms with Crippen molar-refractivity contribution in [2.24, 2.45) is 0 Å². The van der Waals surface area contributed by atoms with Crippen molar-refractivity contribution in [2.75, 3.05) is 11.1 Å². The molecule has 28 heavy (non-hydrogen) atoms. The van der Waals surface area contributed by atoms with Crippen molar-refractivity contribution in [3.63, 3.8) is 0 Å². The first-order valence-corrected chi connectivity index (χ1v) is 9.55. The quantitative estimate of drug-likeness (QED) is 0.447. The van der Waals surface area contributed by atoms with E-state index >= 15 is 0 Å². The number of benzene rings is 1. The van der Waals surface area contributed by atoms with E-state index in [0.29, 0.717) is 34.4 Å². The molecule has 0 saturated heterocycles. The Hall–Kier alpha value is -3.40. The Morgan fingerprint density at radius 2 is 1.96 bits per heavy atom. The van der Waals surface area contributed by atoms with E-state index < -0.39 is 0 Å². The van der Waals surface area contributed by atoms with E-state index in [2.05, 4.69) is 43.5 Å². The van der Waals surface area contributed by atoms with Crippen molar-refractivity contribution < 1.29 is 8.83 Å². The van der Waals surface area contributed by atoms with Crippen molar-refractivity contribution in [1.82, 2.24) is 25.1 Å². The number of nitrogen functional groups attached to an aromatic ring is 1. The Morgan fingerprint density at radius 3 is 2.79 bits per heavy atom. The molecule has 0 aliphatic carbocycles. The van der Waals surface area contributed by atoms with Gasteiger partial charge in [0, 0.05) is 5.69 Å². The molecule has 0 fully saturated rings. The van der Waals surface area contributed by atoms with Crippen molar-refractivity contribution in [2.45, 2.75) is 24.3 Å². The minimum Gasteiger partial charge on any atom is -0.459 e. The Bertz CT molecular complexity index is 1070. The first-order chi connectivity index (χ1) is 13.7. The molecule has 10 heteroatoms. The molecule has 0 aliphatic rings. The fourth-order valence-corrected chi connectivity index (χ4v) is 3.14. The molecule has 0 spiro atoms. The van der Waals surface area contributed by atoms with Crippen LogP contribution < -0.4 is 11.1 Å². The lowest BCUT2D eigenvalue weighted by atomic mass is 10.1. The molecule has 0 amide bonds. The first-order valence-electron chi connectivity index (χ1n) is 8.57. The second-order valence-electron chi connectivity index (χ2n) is 5.71. The molecule has 0 radical (unpaired) electrons. The van der Waals surface area contributed by atoms with Gasteiger partial charge < -0.3 is 19.9 Å². The summed E-state index contributed by atoms with van der Waals surface area (Å²) in [4.78, 5) is 12.8. The van der Waals surface area contributed by atoms with Gasteiger partial charge in [0.1, 0.15) is 5.82 Å². The summed E-state index contributed by atoms with van der Waals surface area (Å²) in [6, 6.07) is 11.5. The number of anilines is 3. The summed E-state index contributed by atoms with van der Waals surface area (Å²) < 4.78 is 10.8. The zero-order chi connectivity index (χ0) is 19.3. The number of hydrogen-bond donors (Lipinski definition) is 2. The van der Waals surface area contributed by atoms with E-state index in [9.17, 15) is 0 Å². The van der Waals surface area contributed by atoms with Gasteiger partial charge in [-0.15, -0.1) is 10.2 Å². The third-order valence-corrected chi connectivity index (χ3v) is 4.62. The maximum absolute atomic E-state index is 5.85. The number of nitrogens with one attached hydrogen (secondary N) is 1. The predicted octanol–water partition coefficient (Wildman–Crippen LogP) is 3.70. The van der Waals surface area contributed by atoms with Crippen LogP contribution >= 0.6 is 11.8 Å². The van der Waals surface area contributed by atoms with E-state index in [1.807, 2.05) is 18.2 Å². The Morgan fingerprint density at radius 1 is 1.07 bits per heavy atom. The van der Waals surface area contributed by atoms with Crippen LogP contribution in [0.2, 0.25) is 0 Å².